The minimum atomic E-state index is -0.105. The van der Waals surface area contributed by atoms with Crippen LogP contribution in [-0.2, 0) is 0 Å². The number of nitrogens with zero attached hydrogens (tertiary/aromatic N) is 3. The molecule has 0 fully saturated rings. The summed E-state index contributed by atoms with van der Waals surface area (Å²) in [6.07, 6.45) is 3.38. The largest absolute Gasteiger partial charge is 0.290 e. The van der Waals surface area contributed by atoms with E-state index in [1.165, 1.54) is 0 Å². The predicted octanol–water partition coefficient (Wildman–Crippen LogP) is 3.42. The van der Waals surface area contributed by atoms with E-state index < -0.39 is 0 Å². The predicted molar refractivity (Wildman–Crippen MR) is 94.5 cm³/mol. The van der Waals surface area contributed by atoms with Crippen molar-refractivity contribution < 1.29 is 0 Å². The van der Waals surface area contributed by atoms with E-state index in [1.807, 2.05) is 54.6 Å². The number of fused-ring (bicyclic) bond motifs is 5. The molecule has 0 unspecified atom stereocenters. The van der Waals surface area contributed by atoms with Crippen molar-refractivity contribution in [3.8, 4) is 5.69 Å². The summed E-state index contributed by atoms with van der Waals surface area (Å²) in [6.45, 7) is 0. The second-order valence-corrected chi connectivity index (χ2v) is 5.67. The second kappa shape index (κ2) is 4.76. The van der Waals surface area contributed by atoms with Crippen LogP contribution in [0.1, 0.15) is 0 Å². The Morgan fingerprint density at radius 2 is 1.71 bits per heavy atom. The maximum atomic E-state index is 12.7. The smallest absolute Gasteiger partial charge is 0.280 e. The number of benzene rings is 2. The van der Waals surface area contributed by atoms with Crippen molar-refractivity contribution in [2.75, 3.05) is 0 Å². The molecule has 0 atom stereocenters. The Kier molecular flexibility index (Phi) is 2.58. The number of pyridine rings is 2. The maximum Gasteiger partial charge on any atom is 0.280 e. The maximum absolute atomic E-state index is 12.7. The highest BCUT2D eigenvalue weighted by atomic mass is 16.1. The van der Waals surface area contributed by atoms with E-state index in [9.17, 15) is 4.79 Å². The van der Waals surface area contributed by atoms with E-state index in [0.29, 0.717) is 5.39 Å². The van der Waals surface area contributed by atoms with Crippen molar-refractivity contribution in [2.24, 2.45) is 0 Å². The summed E-state index contributed by atoms with van der Waals surface area (Å²) in [5, 5.41) is 5.72. The van der Waals surface area contributed by atoms with Crippen LogP contribution >= 0.6 is 0 Å². The topological polar surface area (TPSA) is 63.6 Å². The number of hydrogen-bond acceptors (Lipinski definition) is 3. The highest BCUT2D eigenvalue weighted by molar-refractivity contribution is 6.12. The molecule has 5 rings (SSSR count). The standard InChI is InChI=1S/C19H12N4O/c24-19-15-11-21-18-14(9-8-12-5-4-10-20-16(12)18)17(15)22-23(19)13-6-2-1-3-7-13/h1-11,22H. The van der Waals surface area contributed by atoms with Gasteiger partial charge in [0.1, 0.15) is 0 Å². The number of rotatable bonds is 1. The van der Waals surface area contributed by atoms with Gasteiger partial charge in [0.05, 0.1) is 27.6 Å². The minimum absolute atomic E-state index is 0.105. The van der Waals surface area contributed by atoms with Crippen LogP contribution in [0.25, 0.3) is 38.4 Å². The Labute approximate surface area is 136 Å². The Balaban J connectivity index is 1.92. The van der Waals surface area contributed by atoms with Crippen LogP contribution in [0.4, 0.5) is 0 Å². The molecule has 0 aliphatic heterocycles. The van der Waals surface area contributed by atoms with Crippen molar-refractivity contribution >= 4 is 32.7 Å². The molecule has 5 heteroatoms. The normalized spacial score (nSPS) is 11.5. The molecule has 0 aliphatic rings. The lowest BCUT2D eigenvalue weighted by Crippen LogP contribution is -2.13. The molecule has 1 N–H and O–H groups in total. The highest BCUT2D eigenvalue weighted by Crippen LogP contribution is 2.26. The zero-order chi connectivity index (χ0) is 16.1. The molecule has 114 valence electrons. The number of H-pyrrole nitrogens is 1. The summed E-state index contributed by atoms with van der Waals surface area (Å²) in [6, 6.07) is 17.4. The first kappa shape index (κ1) is 13.0. The van der Waals surface area contributed by atoms with E-state index in [2.05, 4.69) is 15.1 Å². The fraction of sp³-hybridized carbons (Fsp3) is 0. The zero-order valence-corrected chi connectivity index (χ0v) is 12.6. The van der Waals surface area contributed by atoms with E-state index in [1.54, 1.807) is 17.1 Å². The molecule has 3 aromatic heterocycles. The molecule has 2 aromatic carbocycles. The minimum Gasteiger partial charge on any atom is -0.290 e. The van der Waals surface area contributed by atoms with E-state index >= 15 is 0 Å². The molecule has 0 saturated carbocycles. The van der Waals surface area contributed by atoms with Gasteiger partial charge in [0.15, 0.2) is 0 Å². The van der Waals surface area contributed by atoms with Crippen molar-refractivity contribution in [3.63, 3.8) is 0 Å². The third-order valence-corrected chi connectivity index (χ3v) is 4.28. The lowest BCUT2D eigenvalue weighted by molar-refractivity contribution is 0.864. The van der Waals surface area contributed by atoms with Crippen LogP contribution in [-0.4, -0.2) is 19.7 Å². The van der Waals surface area contributed by atoms with Gasteiger partial charge in [-0.3, -0.25) is 19.9 Å². The van der Waals surface area contributed by atoms with Gasteiger partial charge in [0.25, 0.3) is 5.56 Å². The summed E-state index contributed by atoms with van der Waals surface area (Å²) in [5.74, 6) is 0. The lowest BCUT2D eigenvalue weighted by atomic mass is 10.1. The molecule has 0 amide bonds. The van der Waals surface area contributed by atoms with Crippen molar-refractivity contribution in [3.05, 3.63) is 77.3 Å². The fourth-order valence-corrected chi connectivity index (χ4v) is 3.13. The third-order valence-electron chi connectivity index (χ3n) is 4.28. The molecule has 5 aromatic rings. The number of nitrogens with one attached hydrogen (secondary N) is 1. The van der Waals surface area contributed by atoms with Crippen LogP contribution in [0.5, 0.6) is 0 Å². The number of hydrogen-bond donors (Lipinski definition) is 1. The Bertz CT molecular complexity index is 1270. The molecular weight excluding hydrogens is 300 g/mol. The van der Waals surface area contributed by atoms with Crippen LogP contribution in [0.2, 0.25) is 0 Å². The molecule has 3 heterocycles. The highest BCUT2D eigenvalue weighted by Gasteiger charge is 2.13. The van der Waals surface area contributed by atoms with Crippen LogP contribution in [0.3, 0.4) is 0 Å². The number of aromatic nitrogens is 4. The lowest BCUT2D eigenvalue weighted by Gasteiger charge is -2.02. The van der Waals surface area contributed by atoms with Crippen molar-refractivity contribution in [2.45, 2.75) is 0 Å². The fourth-order valence-electron chi connectivity index (χ4n) is 3.13. The molecule has 0 saturated heterocycles. The molecule has 0 radical (unpaired) electrons. The molecule has 5 nitrogen and oxygen atoms in total. The summed E-state index contributed by atoms with van der Waals surface area (Å²) in [5.41, 5.74) is 3.10. The quantitative estimate of drug-likeness (QED) is 0.482. The summed E-state index contributed by atoms with van der Waals surface area (Å²) in [4.78, 5) is 21.7. The van der Waals surface area contributed by atoms with Gasteiger partial charge in [-0.2, -0.15) is 0 Å². The monoisotopic (exact) mass is 312 g/mol. The summed E-state index contributed by atoms with van der Waals surface area (Å²) >= 11 is 0. The van der Waals surface area contributed by atoms with Gasteiger partial charge >= 0.3 is 0 Å². The first-order valence-electron chi connectivity index (χ1n) is 7.65. The van der Waals surface area contributed by atoms with Crippen LogP contribution in [0, 0.1) is 0 Å². The first-order chi connectivity index (χ1) is 11.8. The van der Waals surface area contributed by atoms with Crippen molar-refractivity contribution in [1.82, 2.24) is 19.7 Å². The van der Waals surface area contributed by atoms with Gasteiger partial charge in [-0.25, -0.2) is 4.68 Å². The molecule has 0 aliphatic carbocycles. The number of aromatic amines is 1. The molecule has 0 spiro atoms. The third kappa shape index (κ3) is 1.72. The van der Waals surface area contributed by atoms with Gasteiger partial charge < -0.3 is 0 Å². The Morgan fingerprint density at radius 3 is 2.58 bits per heavy atom. The van der Waals surface area contributed by atoms with Gasteiger partial charge in [0, 0.05) is 23.2 Å². The molecule has 24 heavy (non-hydrogen) atoms. The second-order valence-electron chi connectivity index (χ2n) is 5.67. The summed E-state index contributed by atoms with van der Waals surface area (Å²) < 4.78 is 1.55. The first-order valence-corrected chi connectivity index (χ1v) is 7.65. The molecular formula is C19H12N4O. The Morgan fingerprint density at radius 1 is 0.833 bits per heavy atom. The van der Waals surface area contributed by atoms with E-state index in [-0.39, 0.29) is 5.56 Å². The van der Waals surface area contributed by atoms with Gasteiger partial charge in [-0.15, -0.1) is 0 Å². The average Bonchev–Trinajstić information content (AvgIpc) is 2.99. The average molecular weight is 312 g/mol. The van der Waals surface area contributed by atoms with Crippen LogP contribution in [0.15, 0.2) is 71.8 Å². The van der Waals surface area contributed by atoms with Gasteiger partial charge in [0.2, 0.25) is 0 Å². The van der Waals surface area contributed by atoms with Gasteiger partial charge in [-0.1, -0.05) is 30.3 Å². The molecule has 0 bridgehead atoms. The van der Waals surface area contributed by atoms with E-state index in [4.69, 9.17) is 0 Å². The summed E-state index contributed by atoms with van der Waals surface area (Å²) in [7, 11) is 0. The van der Waals surface area contributed by atoms with Gasteiger partial charge in [-0.05, 0) is 24.3 Å². The Hall–Kier alpha value is -3.47. The van der Waals surface area contributed by atoms with Crippen LogP contribution < -0.4 is 5.56 Å². The SMILES string of the molecule is O=c1c2cnc3c(ccc4cccnc43)c2[nH]n1-c1ccccc1. The number of para-hydroxylation sites is 1. The van der Waals surface area contributed by atoms with E-state index in [0.717, 1.165) is 33.0 Å². The van der Waals surface area contributed by atoms with Crippen molar-refractivity contribution in [1.29, 1.82) is 0 Å². The zero-order valence-electron chi connectivity index (χ0n) is 12.6.